The number of halogens is 1. The first-order valence-electron chi connectivity index (χ1n) is 3.28. The number of hydrogen-bond acceptors (Lipinski definition) is 2. The summed E-state index contributed by atoms with van der Waals surface area (Å²) in [6.45, 7) is 1.83. The zero-order valence-corrected chi connectivity index (χ0v) is 7.95. The highest BCUT2D eigenvalue weighted by Crippen LogP contribution is 2.29. The van der Waals surface area contributed by atoms with E-state index in [0.29, 0.717) is 4.90 Å². The van der Waals surface area contributed by atoms with Crippen molar-refractivity contribution < 1.29 is 9.90 Å². The van der Waals surface area contributed by atoms with Crippen LogP contribution in [0.15, 0.2) is 23.1 Å². The molecule has 0 saturated carbocycles. The molecule has 0 amide bonds. The van der Waals surface area contributed by atoms with Crippen LogP contribution in [0.2, 0.25) is 0 Å². The fourth-order valence-electron chi connectivity index (χ4n) is 0.923. The molecule has 0 saturated heterocycles. The smallest absolute Gasteiger partial charge is 0.336 e. The number of aromatic carboxylic acids is 1. The third kappa shape index (κ3) is 1.73. The number of carboxylic acids is 1. The Kier molecular flexibility index (Phi) is 3.00. The molecule has 0 fully saturated rings. The first-order chi connectivity index (χ1) is 5.66. The quantitative estimate of drug-likeness (QED) is 0.801. The van der Waals surface area contributed by atoms with Crippen LogP contribution in [0.25, 0.3) is 0 Å². The van der Waals surface area contributed by atoms with Gasteiger partial charge in [0, 0.05) is 4.90 Å². The third-order valence-electron chi connectivity index (χ3n) is 1.52. The molecule has 0 bridgehead atoms. The van der Waals surface area contributed by atoms with Crippen LogP contribution in [-0.2, 0) is 0 Å². The molecule has 2 nitrogen and oxygen atoms in total. The molecule has 1 aromatic rings. The van der Waals surface area contributed by atoms with E-state index in [9.17, 15) is 4.79 Å². The highest BCUT2D eigenvalue weighted by Gasteiger charge is 2.10. The van der Waals surface area contributed by atoms with Gasteiger partial charge in [0.05, 0.1) is 5.56 Å². The van der Waals surface area contributed by atoms with E-state index >= 15 is 0 Å². The van der Waals surface area contributed by atoms with Crippen LogP contribution in [-0.4, -0.2) is 11.1 Å². The van der Waals surface area contributed by atoms with E-state index in [-0.39, 0.29) is 5.56 Å². The summed E-state index contributed by atoms with van der Waals surface area (Å²) >= 11 is 0. The molecule has 0 spiro atoms. The Labute approximate surface area is 79.0 Å². The van der Waals surface area contributed by atoms with Crippen LogP contribution in [0.3, 0.4) is 0 Å². The summed E-state index contributed by atoms with van der Waals surface area (Å²) in [4.78, 5) is 11.3. The van der Waals surface area contributed by atoms with E-state index in [1.54, 1.807) is 12.1 Å². The number of benzene rings is 1. The maximum Gasteiger partial charge on any atom is 0.336 e. The van der Waals surface area contributed by atoms with E-state index in [4.69, 9.17) is 15.8 Å². The van der Waals surface area contributed by atoms with Crippen molar-refractivity contribution in [3.8, 4) is 0 Å². The van der Waals surface area contributed by atoms with Crippen LogP contribution in [0.1, 0.15) is 15.9 Å². The molecule has 0 aliphatic carbocycles. The summed E-state index contributed by atoms with van der Waals surface area (Å²) in [7, 11) is 6.48. The highest BCUT2D eigenvalue weighted by molar-refractivity contribution is 8.21. The van der Waals surface area contributed by atoms with Gasteiger partial charge >= 0.3 is 5.97 Å². The molecule has 1 N–H and O–H groups in total. The molecular formula is C8H7ClO2S. The third-order valence-corrected chi connectivity index (χ3v) is 2.68. The summed E-state index contributed by atoms with van der Waals surface area (Å²) in [6, 6.07) is 5.08. The van der Waals surface area contributed by atoms with Crippen LogP contribution in [0.4, 0.5) is 0 Å². The summed E-state index contributed by atoms with van der Waals surface area (Å²) in [6.07, 6.45) is 0. The molecule has 4 heteroatoms. The SMILES string of the molecule is Cc1cccc(C(=O)O)c1SCl. The molecular weight excluding hydrogens is 196 g/mol. The zero-order valence-electron chi connectivity index (χ0n) is 6.37. The Morgan fingerprint density at radius 3 is 2.67 bits per heavy atom. The average molecular weight is 203 g/mol. The fourth-order valence-corrected chi connectivity index (χ4v) is 1.97. The van der Waals surface area contributed by atoms with Crippen LogP contribution in [0.5, 0.6) is 0 Å². The van der Waals surface area contributed by atoms with Gasteiger partial charge in [-0.2, -0.15) is 0 Å². The Morgan fingerprint density at radius 2 is 2.25 bits per heavy atom. The average Bonchev–Trinajstić information content (AvgIpc) is 2.03. The minimum absolute atomic E-state index is 0.259. The second-order valence-corrected chi connectivity index (χ2v) is 3.36. The molecule has 0 aromatic heterocycles. The molecule has 0 radical (unpaired) electrons. The van der Waals surface area contributed by atoms with Gasteiger partial charge < -0.3 is 5.11 Å². The Hall–Kier alpha value is -0.670. The standard InChI is InChI=1S/C8H7ClO2S/c1-5-3-2-4-6(8(10)11)7(5)12-9/h2-4H,1H3,(H,10,11). The lowest BCUT2D eigenvalue weighted by Gasteiger charge is -2.03. The molecule has 12 heavy (non-hydrogen) atoms. The van der Waals surface area contributed by atoms with E-state index in [1.807, 2.05) is 13.0 Å². The molecule has 1 rings (SSSR count). The van der Waals surface area contributed by atoms with E-state index in [0.717, 1.165) is 16.5 Å². The van der Waals surface area contributed by atoms with Crippen LogP contribution < -0.4 is 0 Å². The van der Waals surface area contributed by atoms with E-state index in [1.165, 1.54) is 0 Å². The van der Waals surface area contributed by atoms with Gasteiger partial charge in [-0.05, 0) is 40.2 Å². The van der Waals surface area contributed by atoms with Crippen molar-refractivity contribution in [3.63, 3.8) is 0 Å². The lowest BCUT2D eigenvalue weighted by Crippen LogP contribution is -1.99. The largest absolute Gasteiger partial charge is 0.478 e. The topological polar surface area (TPSA) is 37.3 Å². The Bertz CT molecular complexity index is 312. The predicted octanol–water partition coefficient (Wildman–Crippen LogP) is 2.94. The maximum absolute atomic E-state index is 10.7. The minimum atomic E-state index is -0.943. The van der Waals surface area contributed by atoms with Crippen molar-refractivity contribution in [3.05, 3.63) is 29.3 Å². The van der Waals surface area contributed by atoms with Gasteiger partial charge in [-0.25, -0.2) is 4.79 Å². The number of carbonyl (C=O) groups is 1. The van der Waals surface area contributed by atoms with Gasteiger partial charge in [0.15, 0.2) is 0 Å². The summed E-state index contributed by atoms with van der Waals surface area (Å²) < 4.78 is 0. The monoisotopic (exact) mass is 202 g/mol. The van der Waals surface area contributed by atoms with Crippen LogP contribution in [0, 0.1) is 6.92 Å². The number of carboxylic acid groups (broad SMARTS) is 1. The fraction of sp³-hybridized carbons (Fsp3) is 0.125. The molecule has 1 aromatic carbocycles. The van der Waals surface area contributed by atoms with Crippen molar-refractivity contribution in [1.82, 2.24) is 0 Å². The van der Waals surface area contributed by atoms with Gasteiger partial charge in [0.1, 0.15) is 0 Å². The summed E-state index contributed by atoms with van der Waals surface area (Å²) in [5, 5.41) is 8.75. The number of aryl methyl sites for hydroxylation is 1. The second kappa shape index (κ2) is 3.83. The lowest BCUT2D eigenvalue weighted by atomic mass is 10.1. The summed E-state index contributed by atoms with van der Waals surface area (Å²) in [5.74, 6) is -0.943. The van der Waals surface area contributed by atoms with Gasteiger partial charge in [-0.15, -0.1) is 0 Å². The molecule has 0 unspecified atom stereocenters. The molecule has 0 heterocycles. The first kappa shape index (κ1) is 9.42. The number of rotatable bonds is 2. The second-order valence-electron chi connectivity index (χ2n) is 2.33. The first-order valence-corrected chi connectivity index (χ1v) is 4.92. The zero-order chi connectivity index (χ0) is 9.14. The lowest BCUT2D eigenvalue weighted by molar-refractivity contribution is 0.0693. The van der Waals surface area contributed by atoms with Crippen molar-refractivity contribution in [2.24, 2.45) is 0 Å². The van der Waals surface area contributed by atoms with Gasteiger partial charge in [0.25, 0.3) is 0 Å². The number of hydrogen-bond donors (Lipinski definition) is 1. The van der Waals surface area contributed by atoms with Crippen molar-refractivity contribution in [2.75, 3.05) is 0 Å². The minimum Gasteiger partial charge on any atom is -0.478 e. The highest BCUT2D eigenvalue weighted by atomic mass is 35.7. The van der Waals surface area contributed by atoms with Crippen molar-refractivity contribution in [1.29, 1.82) is 0 Å². The molecule has 64 valence electrons. The van der Waals surface area contributed by atoms with Crippen LogP contribution >= 0.6 is 21.7 Å². The molecule has 0 atom stereocenters. The molecule has 0 aliphatic rings. The van der Waals surface area contributed by atoms with E-state index in [2.05, 4.69) is 0 Å². The molecule has 0 aliphatic heterocycles. The van der Waals surface area contributed by atoms with Gasteiger partial charge in [-0.3, -0.25) is 0 Å². The van der Waals surface area contributed by atoms with Gasteiger partial charge in [-0.1, -0.05) is 12.1 Å². The van der Waals surface area contributed by atoms with Crippen molar-refractivity contribution >= 4 is 27.6 Å². The maximum atomic E-state index is 10.7. The Balaban J connectivity index is 3.27. The normalized spacial score (nSPS) is 9.83. The van der Waals surface area contributed by atoms with Crippen molar-refractivity contribution in [2.45, 2.75) is 11.8 Å². The summed E-state index contributed by atoms with van der Waals surface area (Å²) in [5.41, 5.74) is 1.14. The van der Waals surface area contributed by atoms with E-state index < -0.39 is 5.97 Å². The predicted molar refractivity (Wildman–Crippen MR) is 49.8 cm³/mol. The Morgan fingerprint density at radius 1 is 1.58 bits per heavy atom. The van der Waals surface area contributed by atoms with Gasteiger partial charge in [0.2, 0.25) is 0 Å².